The fourth-order valence-electron chi connectivity index (χ4n) is 2.55. The number of ether oxygens (including phenoxy) is 1. The minimum atomic E-state index is -0.961. The van der Waals surface area contributed by atoms with Gasteiger partial charge < -0.3 is 20.5 Å². The van der Waals surface area contributed by atoms with Crippen LogP contribution in [0.15, 0.2) is 36.4 Å². The van der Waals surface area contributed by atoms with Crippen LogP contribution in [0.1, 0.15) is 12.8 Å². The molecule has 1 aromatic carbocycles. The fraction of sp³-hybridized carbons (Fsp3) is 0.353. The van der Waals surface area contributed by atoms with Crippen LogP contribution in [0.3, 0.4) is 0 Å². The molecule has 2 aromatic rings. The van der Waals surface area contributed by atoms with E-state index in [1.165, 1.54) is 0 Å². The van der Waals surface area contributed by atoms with Gasteiger partial charge in [-0.1, -0.05) is 30.3 Å². The van der Waals surface area contributed by atoms with Gasteiger partial charge in [-0.3, -0.25) is 4.79 Å². The lowest BCUT2D eigenvalue weighted by atomic mass is 10.1. The zero-order valence-corrected chi connectivity index (χ0v) is 13.2. The summed E-state index contributed by atoms with van der Waals surface area (Å²) in [7, 11) is 0. The molecule has 0 unspecified atom stereocenters. The number of benzene rings is 1. The third-order valence-corrected chi connectivity index (χ3v) is 3.73. The average Bonchev–Trinajstić information content (AvgIpc) is 3.12. The van der Waals surface area contributed by atoms with Gasteiger partial charge in [0.2, 0.25) is 5.95 Å². The molecule has 0 amide bonds. The highest BCUT2D eigenvalue weighted by Gasteiger charge is 2.16. The second-order valence-corrected chi connectivity index (χ2v) is 5.59. The van der Waals surface area contributed by atoms with Crippen LogP contribution >= 0.6 is 0 Å². The number of nitrogens with zero attached hydrogens (tertiary/aromatic N) is 2. The van der Waals surface area contributed by atoms with E-state index in [0.29, 0.717) is 12.4 Å². The molecule has 7 nitrogen and oxygen atoms in total. The molecule has 24 heavy (non-hydrogen) atoms. The highest BCUT2D eigenvalue weighted by molar-refractivity contribution is 5.72. The van der Waals surface area contributed by atoms with Crippen LogP contribution in [0.4, 0.5) is 11.8 Å². The smallest absolute Gasteiger partial charge is 0.322 e. The molecular formula is C17H20N4O3. The van der Waals surface area contributed by atoms with Gasteiger partial charge in [0.05, 0.1) is 11.8 Å². The molecule has 7 heteroatoms. The Balaban J connectivity index is 1.80. The van der Waals surface area contributed by atoms with Crippen LogP contribution in [0, 0.1) is 0 Å². The largest absolute Gasteiger partial charge is 0.480 e. The number of hydrogen-bond donors (Lipinski definition) is 3. The first-order chi connectivity index (χ1) is 11.7. The van der Waals surface area contributed by atoms with Crippen LogP contribution in [0.25, 0.3) is 11.3 Å². The van der Waals surface area contributed by atoms with Gasteiger partial charge in [-0.25, -0.2) is 4.98 Å². The van der Waals surface area contributed by atoms with Gasteiger partial charge in [0.25, 0.3) is 0 Å². The number of carbonyl (C=O) groups is 1. The molecule has 0 aliphatic carbocycles. The van der Waals surface area contributed by atoms with Crippen molar-refractivity contribution in [3.63, 3.8) is 0 Å². The van der Waals surface area contributed by atoms with E-state index in [0.717, 1.165) is 30.7 Å². The van der Waals surface area contributed by atoms with E-state index < -0.39 is 5.97 Å². The van der Waals surface area contributed by atoms with Crippen molar-refractivity contribution < 1.29 is 14.6 Å². The Labute approximate surface area is 140 Å². The minimum Gasteiger partial charge on any atom is -0.480 e. The van der Waals surface area contributed by atoms with Crippen molar-refractivity contribution in [1.29, 1.82) is 0 Å². The minimum absolute atomic E-state index is 0.190. The fourth-order valence-corrected chi connectivity index (χ4v) is 2.55. The second kappa shape index (κ2) is 7.74. The highest BCUT2D eigenvalue weighted by atomic mass is 16.5. The van der Waals surface area contributed by atoms with Crippen LogP contribution in [-0.2, 0) is 9.53 Å². The molecule has 0 bridgehead atoms. The van der Waals surface area contributed by atoms with Gasteiger partial charge >= 0.3 is 5.97 Å². The summed E-state index contributed by atoms with van der Waals surface area (Å²) in [5.41, 5.74) is 1.67. The van der Waals surface area contributed by atoms with Crippen molar-refractivity contribution in [3.8, 4) is 11.3 Å². The monoisotopic (exact) mass is 328 g/mol. The summed E-state index contributed by atoms with van der Waals surface area (Å²) in [4.78, 5) is 19.5. The maximum Gasteiger partial charge on any atom is 0.322 e. The number of rotatable bonds is 7. The molecular weight excluding hydrogens is 308 g/mol. The van der Waals surface area contributed by atoms with E-state index in [1.807, 2.05) is 36.4 Å². The Hall–Kier alpha value is -2.67. The summed E-state index contributed by atoms with van der Waals surface area (Å²) in [6.45, 7) is 1.24. The first kappa shape index (κ1) is 16.2. The van der Waals surface area contributed by atoms with Gasteiger partial charge in [0, 0.05) is 24.8 Å². The summed E-state index contributed by atoms with van der Waals surface area (Å²) in [6, 6.07) is 11.6. The van der Waals surface area contributed by atoms with Crippen LogP contribution in [0.5, 0.6) is 0 Å². The number of aromatic nitrogens is 2. The van der Waals surface area contributed by atoms with Gasteiger partial charge in [0.15, 0.2) is 0 Å². The Morgan fingerprint density at radius 2 is 2.08 bits per heavy atom. The maximum atomic E-state index is 10.8. The molecule has 0 radical (unpaired) electrons. The van der Waals surface area contributed by atoms with Gasteiger partial charge in [-0.2, -0.15) is 4.98 Å². The Morgan fingerprint density at radius 1 is 1.25 bits per heavy atom. The molecule has 1 aliphatic heterocycles. The molecule has 1 saturated heterocycles. The van der Waals surface area contributed by atoms with Crippen molar-refractivity contribution in [2.24, 2.45) is 0 Å². The SMILES string of the molecule is O=C(O)CNc1nc(NC[C@H]2CCCO2)cc(-c2ccccc2)n1. The average molecular weight is 328 g/mol. The first-order valence-corrected chi connectivity index (χ1v) is 7.96. The maximum absolute atomic E-state index is 10.8. The molecule has 0 spiro atoms. The summed E-state index contributed by atoms with van der Waals surface area (Å²) in [5.74, 6) is -0.0292. The van der Waals surface area contributed by atoms with E-state index in [2.05, 4.69) is 20.6 Å². The predicted octanol–water partition coefficient (Wildman–Crippen LogP) is 2.23. The number of hydrogen-bond acceptors (Lipinski definition) is 6. The van der Waals surface area contributed by atoms with E-state index >= 15 is 0 Å². The normalized spacial score (nSPS) is 16.8. The van der Waals surface area contributed by atoms with Crippen LogP contribution in [0.2, 0.25) is 0 Å². The Morgan fingerprint density at radius 3 is 2.79 bits per heavy atom. The van der Waals surface area contributed by atoms with Crippen molar-refractivity contribution >= 4 is 17.7 Å². The molecule has 126 valence electrons. The van der Waals surface area contributed by atoms with E-state index in [-0.39, 0.29) is 18.6 Å². The van der Waals surface area contributed by atoms with E-state index in [9.17, 15) is 4.79 Å². The van der Waals surface area contributed by atoms with Gasteiger partial charge in [0.1, 0.15) is 12.4 Å². The Kier molecular flexibility index (Phi) is 5.22. The number of carboxylic acids is 1. The zero-order valence-electron chi connectivity index (χ0n) is 13.2. The van der Waals surface area contributed by atoms with Gasteiger partial charge in [-0.15, -0.1) is 0 Å². The second-order valence-electron chi connectivity index (χ2n) is 5.59. The first-order valence-electron chi connectivity index (χ1n) is 7.96. The topological polar surface area (TPSA) is 96.4 Å². The molecule has 1 atom stereocenters. The lowest BCUT2D eigenvalue weighted by Crippen LogP contribution is -2.20. The standard InChI is InChI=1S/C17H20N4O3/c22-16(23)11-19-17-20-14(12-5-2-1-3-6-12)9-15(21-17)18-10-13-7-4-8-24-13/h1-3,5-6,9,13H,4,7-8,10-11H2,(H,22,23)(H2,18,19,20,21)/t13-/m1/s1. The molecule has 1 aromatic heterocycles. The van der Waals surface area contributed by atoms with Crippen LogP contribution < -0.4 is 10.6 Å². The van der Waals surface area contributed by atoms with Crippen molar-refractivity contribution in [2.75, 3.05) is 30.3 Å². The van der Waals surface area contributed by atoms with Crippen LogP contribution in [-0.4, -0.2) is 46.8 Å². The molecule has 1 aliphatic rings. The van der Waals surface area contributed by atoms with Crippen molar-refractivity contribution in [1.82, 2.24) is 9.97 Å². The predicted molar refractivity (Wildman–Crippen MR) is 91.1 cm³/mol. The number of aliphatic carboxylic acids is 1. The molecule has 2 heterocycles. The summed E-state index contributed by atoms with van der Waals surface area (Å²) < 4.78 is 5.60. The third kappa shape index (κ3) is 4.42. The quantitative estimate of drug-likeness (QED) is 0.717. The summed E-state index contributed by atoms with van der Waals surface area (Å²) in [5, 5.41) is 14.8. The number of anilines is 2. The van der Waals surface area contributed by atoms with Gasteiger partial charge in [-0.05, 0) is 12.8 Å². The third-order valence-electron chi connectivity index (χ3n) is 3.73. The van der Waals surface area contributed by atoms with Crippen molar-refractivity contribution in [2.45, 2.75) is 18.9 Å². The molecule has 3 rings (SSSR count). The summed E-state index contributed by atoms with van der Waals surface area (Å²) >= 11 is 0. The zero-order chi connectivity index (χ0) is 16.8. The highest BCUT2D eigenvalue weighted by Crippen LogP contribution is 2.22. The Bertz CT molecular complexity index is 687. The molecule has 0 saturated carbocycles. The van der Waals surface area contributed by atoms with E-state index in [1.54, 1.807) is 0 Å². The lowest BCUT2D eigenvalue weighted by molar-refractivity contribution is -0.134. The van der Waals surface area contributed by atoms with Crippen molar-refractivity contribution in [3.05, 3.63) is 36.4 Å². The molecule has 1 fully saturated rings. The number of carboxylic acid groups (broad SMARTS) is 1. The molecule has 3 N–H and O–H groups in total. The summed E-state index contributed by atoms with van der Waals surface area (Å²) in [6.07, 6.45) is 2.31. The van der Waals surface area contributed by atoms with E-state index in [4.69, 9.17) is 9.84 Å². The lowest BCUT2D eigenvalue weighted by Gasteiger charge is -2.13. The number of nitrogens with one attached hydrogen (secondary N) is 2.